The summed E-state index contributed by atoms with van der Waals surface area (Å²) in [6.45, 7) is 5.59. The van der Waals surface area contributed by atoms with Gasteiger partial charge in [0.1, 0.15) is 5.60 Å². The maximum atomic E-state index is 11.4. The second-order valence-electron chi connectivity index (χ2n) is 4.96. The molecule has 1 aliphatic rings. The van der Waals surface area contributed by atoms with Crippen LogP contribution in [0.1, 0.15) is 40.0 Å². The smallest absolute Gasteiger partial charge is 0.408 e. The van der Waals surface area contributed by atoms with Crippen molar-refractivity contribution in [1.29, 1.82) is 0 Å². The lowest BCUT2D eigenvalue weighted by Gasteiger charge is -2.39. The Kier molecular flexibility index (Phi) is 3.04. The van der Waals surface area contributed by atoms with E-state index < -0.39 is 11.7 Å². The zero-order valence-electron chi connectivity index (χ0n) is 9.09. The fraction of sp³-hybridized carbons (Fsp3) is 0.900. The Balaban J connectivity index is 2.40. The summed E-state index contributed by atoms with van der Waals surface area (Å²) in [7, 11) is 0. The van der Waals surface area contributed by atoms with Crippen LogP contribution in [0.5, 0.6) is 0 Å². The molecule has 0 radical (unpaired) electrons. The van der Waals surface area contributed by atoms with Gasteiger partial charge in [-0.25, -0.2) is 4.79 Å². The van der Waals surface area contributed by atoms with Gasteiger partial charge >= 0.3 is 6.09 Å². The first-order chi connectivity index (χ1) is 6.37. The Morgan fingerprint density at radius 2 is 2.07 bits per heavy atom. The molecule has 4 nitrogen and oxygen atoms in total. The molecule has 0 unspecified atom stereocenters. The Labute approximate surface area is 84.6 Å². The highest BCUT2D eigenvalue weighted by Gasteiger charge is 2.40. The van der Waals surface area contributed by atoms with Crippen molar-refractivity contribution < 1.29 is 14.6 Å². The first kappa shape index (κ1) is 11.3. The average molecular weight is 201 g/mol. The van der Waals surface area contributed by atoms with Crippen molar-refractivity contribution in [3.05, 3.63) is 0 Å². The molecule has 1 aliphatic carbocycles. The van der Waals surface area contributed by atoms with E-state index in [-0.39, 0.29) is 12.1 Å². The largest absolute Gasteiger partial charge is 0.440 e. The molecule has 2 N–H and O–H groups in total. The van der Waals surface area contributed by atoms with Gasteiger partial charge < -0.3 is 15.2 Å². The van der Waals surface area contributed by atoms with E-state index >= 15 is 0 Å². The summed E-state index contributed by atoms with van der Waals surface area (Å²) in [5.41, 5.74) is -0.896. The molecule has 0 bridgehead atoms. The van der Waals surface area contributed by atoms with Crippen molar-refractivity contribution >= 4 is 6.09 Å². The van der Waals surface area contributed by atoms with Gasteiger partial charge in [-0.1, -0.05) is 0 Å². The highest BCUT2D eigenvalue weighted by molar-refractivity contribution is 5.68. The van der Waals surface area contributed by atoms with Crippen LogP contribution in [0.3, 0.4) is 0 Å². The Morgan fingerprint density at radius 3 is 2.36 bits per heavy atom. The van der Waals surface area contributed by atoms with Gasteiger partial charge in [-0.2, -0.15) is 0 Å². The molecule has 1 amide bonds. The summed E-state index contributed by atoms with van der Waals surface area (Å²) in [5, 5.41) is 11.8. The van der Waals surface area contributed by atoms with E-state index in [0.29, 0.717) is 0 Å². The maximum Gasteiger partial charge on any atom is 0.408 e. The van der Waals surface area contributed by atoms with Crippen LogP contribution in [-0.4, -0.2) is 28.9 Å². The van der Waals surface area contributed by atoms with Crippen LogP contribution in [0.4, 0.5) is 4.79 Å². The third-order valence-corrected chi connectivity index (χ3v) is 2.34. The van der Waals surface area contributed by atoms with Crippen LogP contribution in [0.15, 0.2) is 0 Å². The normalized spacial score (nSPS) is 19.7. The zero-order valence-corrected chi connectivity index (χ0v) is 9.09. The molecule has 0 aromatic heterocycles. The molecule has 1 rings (SSSR count). The summed E-state index contributed by atoms with van der Waals surface area (Å²) in [4.78, 5) is 11.4. The molecule has 0 aromatic carbocycles. The monoisotopic (exact) mass is 201 g/mol. The van der Waals surface area contributed by atoms with E-state index in [0.717, 1.165) is 19.3 Å². The molecule has 0 heterocycles. The minimum absolute atomic E-state index is 0.0788. The van der Waals surface area contributed by atoms with Crippen molar-refractivity contribution in [2.75, 3.05) is 6.61 Å². The molecule has 14 heavy (non-hydrogen) atoms. The highest BCUT2D eigenvalue weighted by Crippen LogP contribution is 2.35. The molecule has 0 atom stereocenters. The van der Waals surface area contributed by atoms with E-state index in [1.165, 1.54) is 0 Å². The molecule has 0 spiro atoms. The topological polar surface area (TPSA) is 58.6 Å². The first-order valence-electron chi connectivity index (χ1n) is 4.99. The Hall–Kier alpha value is -0.770. The van der Waals surface area contributed by atoms with Gasteiger partial charge in [0.25, 0.3) is 0 Å². The molecular weight excluding hydrogens is 182 g/mol. The number of carbonyl (C=O) groups excluding carboxylic acids is 1. The number of ether oxygens (including phenoxy) is 1. The summed E-state index contributed by atoms with van der Waals surface area (Å²) < 4.78 is 5.20. The average Bonchev–Trinajstić information content (AvgIpc) is 1.93. The molecule has 82 valence electrons. The SMILES string of the molecule is CC(C)(C)NC(=O)OC1(CO)CCC1. The van der Waals surface area contributed by atoms with Gasteiger partial charge in [0.2, 0.25) is 0 Å². The molecule has 4 heteroatoms. The van der Waals surface area contributed by atoms with E-state index in [4.69, 9.17) is 9.84 Å². The van der Waals surface area contributed by atoms with Gasteiger partial charge in [0.15, 0.2) is 0 Å². The second kappa shape index (κ2) is 3.77. The van der Waals surface area contributed by atoms with Crippen molar-refractivity contribution in [3.8, 4) is 0 Å². The summed E-state index contributed by atoms with van der Waals surface area (Å²) in [6, 6.07) is 0. The summed E-state index contributed by atoms with van der Waals surface area (Å²) >= 11 is 0. The molecule has 1 fully saturated rings. The number of aliphatic hydroxyl groups excluding tert-OH is 1. The first-order valence-corrected chi connectivity index (χ1v) is 4.99. The molecular formula is C10H19NO3. The van der Waals surface area contributed by atoms with Crippen LogP contribution >= 0.6 is 0 Å². The lowest BCUT2D eigenvalue weighted by Crippen LogP contribution is -2.50. The number of hydrogen-bond donors (Lipinski definition) is 2. The van der Waals surface area contributed by atoms with Crippen LogP contribution in [0.25, 0.3) is 0 Å². The van der Waals surface area contributed by atoms with Crippen molar-refractivity contribution in [2.45, 2.75) is 51.2 Å². The van der Waals surface area contributed by atoms with Crippen molar-refractivity contribution in [3.63, 3.8) is 0 Å². The number of nitrogens with one attached hydrogen (secondary N) is 1. The molecule has 1 saturated carbocycles. The van der Waals surface area contributed by atoms with Crippen LogP contribution in [0, 0.1) is 0 Å². The number of amides is 1. The lowest BCUT2D eigenvalue weighted by molar-refractivity contribution is -0.0835. The number of alkyl carbamates (subject to hydrolysis) is 1. The Bertz CT molecular complexity index is 210. The number of rotatable bonds is 2. The predicted octanol–water partition coefficient (Wildman–Crippen LogP) is 1.43. The van der Waals surface area contributed by atoms with Crippen LogP contribution < -0.4 is 5.32 Å². The van der Waals surface area contributed by atoms with Gasteiger partial charge in [-0.15, -0.1) is 0 Å². The summed E-state index contributed by atoms with van der Waals surface area (Å²) in [6.07, 6.45) is 2.11. The molecule has 0 aliphatic heterocycles. The fourth-order valence-corrected chi connectivity index (χ4v) is 1.39. The van der Waals surface area contributed by atoms with Crippen molar-refractivity contribution in [2.24, 2.45) is 0 Å². The third kappa shape index (κ3) is 2.87. The van der Waals surface area contributed by atoms with Crippen LogP contribution in [-0.2, 0) is 4.74 Å². The quantitative estimate of drug-likeness (QED) is 0.710. The molecule has 0 saturated heterocycles. The lowest BCUT2D eigenvalue weighted by atomic mass is 9.81. The van der Waals surface area contributed by atoms with Gasteiger partial charge in [0, 0.05) is 5.54 Å². The highest BCUT2D eigenvalue weighted by atomic mass is 16.6. The van der Waals surface area contributed by atoms with E-state index in [1.54, 1.807) is 0 Å². The standard InChI is InChI=1S/C10H19NO3/c1-9(2,3)11-8(13)14-10(7-12)5-4-6-10/h12H,4-7H2,1-3H3,(H,11,13). The third-order valence-electron chi connectivity index (χ3n) is 2.34. The van der Waals surface area contributed by atoms with Gasteiger partial charge in [-0.3, -0.25) is 0 Å². The number of hydrogen-bond acceptors (Lipinski definition) is 3. The molecule has 0 aromatic rings. The van der Waals surface area contributed by atoms with Gasteiger partial charge in [0.05, 0.1) is 6.61 Å². The van der Waals surface area contributed by atoms with E-state index in [1.807, 2.05) is 20.8 Å². The second-order valence-corrected chi connectivity index (χ2v) is 4.96. The zero-order chi connectivity index (χ0) is 10.8. The van der Waals surface area contributed by atoms with Crippen molar-refractivity contribution in [1.82, 2.24) is 5.32 Å². The number of carbonyl (C=O) groups is 1. The Morgan fingerprint density at radius 1 is 1.50 bits per heavy atom. The van der Waals surface area contributed by atoms with Gasteiger partial charge in [-0.05, 0) is 40.0 Å². The minimum Gasteiger partial charge on any atom is -0.440 e. The number of aliphatic hydroxyl groups is 1. The summed E-state index contributed by atoms with van der Waals surface area (Å²) in [5.74, 6) is 0. The van der Waals surface area contributed by atoms with E-state index in [9.17, 15) is 4.79 Å². The predicted molar refractivity (Wildman–Crippen MR) is 53.0 cm³/mol. The van der Waals surface area contributed by atoms with Crippen LogP contribution in [0.2, 0.25) is 0 Å². The minimum atomic E-state index is -0.602. The maximum absolute atomic E-state index is 11.4. The van der Waals surface area contributed by atoms with E-state index in [2.05, 4.69) is 5.32 Å². The fourth-order valence-electron chi connectivity index (χ4n) is 1.39.